The summed E-state index contributed by atoms with van der Waals surface area (Å²) in [5, 5.41) is 2.61. The Labute approximate surface area is 101 Å². The van der Waals surface area contributed by atoms with Crippen molar-refractivity contribution in [1.29, 1.82) is 0 Å². The fourth-order valence-corrected chi connectivity index (χ4v) is 1.65. The van der Waals surface area contributed by atoms with Crippen LogP contribution in [0.5, 0.6) is 0 Å². The molecule has 0 aromatic rings. The van der Waals surface area contributed by atoms with Gasteiger partial charge in [0.15, 0.2) is 0 Å². The molecule has 1 atom stereocenters. The summed E-state index contributed by atoms with van der Waals surface area (Å²) in [6.45, 7) is 6.01. The third kappa shape index (κ3) is 4.13. The first-order valence-electron chi connectivity index (χ1n) is 5.67. The molecule has 17 heavy (non-hydrogen) atoms. The number of rotatable bonds is 1. The molecule has 1 N–H and O–H groups in total. The topological polar surface area (TPSA) is 67.9 Å². The van der Waals surface area contributed by atoms with Crippen molar-refractivity contribution >= 4 is 12.2 Å². The van der Waals surface area contributed by atoms with E-state index in [4.69, 9.17) is 4.74 Å². The van der Waals surface area contributed by atoms with E-state index >= 15 is 0 Å². The Morgan fingerprint density at radius 1 is 1.35 bits per heavy atom. The monoisotopic (exact) mass is 244 g/mol. The number of carbonyl (C=O) groups excluding carboxylic acids is 2. The predicted octanol–water partition coefficient (Wildman–Crippen LogP) is 1.70. The summed E-state index contributed by atoms with van der Waals surface area (Å²) in [5.41, 5.74) is -0.532. The molecule has 6 nitrogen and oxygen atoms in total. The summed E-state index contributed by atoms with van der Waals surface area (Å²) < 4.78 is 9.77. The molecular weight excluding hydrogens is 224 g/mol. The third-order valence-corrected chi connectivity index (χ3v) is 2.35. The third-order valence-electron chi connectivity index (χ3n) is 2.35. The first-order valence-corrected chi connectivity index (χ1v) is 5.67. The van der Waals surface area contributed by atoms with Crippen LogP contribution in [0, 0.1) is 0 Å². The molecule has 1 saturated heterocycles. The molecule has 6 heteroatoms. The second kappa shape index (κ2) is 5.25. The Kier molecular flexibility index (Phi) is 4.20. The van der Waals surface area contributed by atoms with Crippen LogP contribution in [0.25, 0.3) is 0 Å². The lowest BCUT2D eigenvalue weighted by molar-refractivity contribution is 0.0202. The van der Waals surface area contributed by atoms with Gasteiger partial charge in [-0.2, -0.15) is 0 Å². The van der Waals surface area contributed by atoms with Gasteiger partial charge in [-0.25, -0.2) is 9.59 Å². The van der Waals surface area contributed by atoms with Crippen molar-refractivity contribution in [3.05, 3.63) is 0 Å². The predicted molar refractivity (Wildman–Crippen MR) is 61.5 cm³/mol. The molecule has 1 aliphatic rings. The van der Waals surface area contributed by atoms with Gasteiger partial charge < -0.3 is 14.8 Å². The minimum atomic E-state index is -0.537. The molecular formula is C11H20N2O4. The number of likely N-dealkylation sites (tertiary alicyclic amines) is 1. The number of nitrogens with zero attached hydrogens (tertiary/aromatic N) is 1. The molecule has 1 heterocycles. The Hall–Kier alpha value is -1.46. The number of ether oxygens (including phenoxy) is 2. The Bertz CT molecular complexity index is 298. The summed E-state index contributed by atoms with van der Waals surface area (Å²) in [5.74, 6) is 0. The number of hydrogen-bond donors (Lipinski definition) is 1. The SMILES string of the molecule is COC(=O)NC1CCCN1C(=O)OC(C)(C)C. The van der Waals surface area contributed by atoms with Gasteiger partial charge in [-0.15, -0.1) is 0 Å². The maximum atomic E-state index is 11.9. The Balaban J connectivity index is 2.57. The van der Waals surface area contributed by atoms with Gasteiger partial charge in [-0.05, 0) is 33.6 Å². The quantitative estimate of drug-likeness (QED) is 0.762. The average Bonchev–Trinajstić information content (AvgIpc) is 2.63. The largest absolute Gasteiger partial charge is 0.453 e. The van der Waals surface area contributed by atoms with Gasteiger partial charge in [-0.3, -0.25) is 4.90 Å². The zero-order chi connectivity index (χ0) is 13.1. The number of alkyl carbamates (subject to hydrolysis) is 1. The van der Waals surface area contributed by atoms with Gasteiger partial charge in [0, 0.05) is 6.54 Å². The van der Waals surface area contributed by atoms with Crippen molar-refractivity contribution in [2.45, 2.75) is 45.4 Å². The summed E-state index contributed by atoms with van der Waals surface area (Å²) in [7, 11) is 1.29. The minimum Gasteiger partial charge on any atom is -0.453 e. The van der Waals surface area contributed by atoms with E-state index in [0.29, 0.717) is 13.0 Å². The van der Waals surface area contributed by atoms with E-state index in [-0.39, 0.29) is 6.17 Å². The van der Waals surface area contributed by atoms with Crippen LogP contribution in [0.15, 0.2) is 0 Å². The molecule has 0 saturated carbocycles. The average molecular weight is 244 g/mol. The molecule has 2 amide bonds. The van der Waals surface area contributed by atoms with Crippen molar-refractivity contribution in [2.24, 2.45) is 0 Å². The molecule has 1 fully saturated rings. The summed E-state index contributed by atoms with van der Waals surface area (Å²) >= 11 is 0. The number of amides is 2. The second-order valence-corrected chi connectivity index (χ2v) is 4.97. The summed E-state index contributed by atoms with van der Waals surface area (Å²) in [6.07, 6.45) is 0.279. The Morgan fingerprint density at radius 3 is 2.53 bits per heavy atom. The zero-order valence-corrected chi connectivity index (χ0v) is 10.8. The first-order chi connectivity index (χ1) is 7.83. The summed E-state index contributed by atoms with van der Waals surface area (Å²) in [6, 6.07) is 0. The van der Waals surface area contributed by atoms with E-state index in [9.17, 15) is 9.59 Å². The van der Waals surface area contributed by atoms with E-state index in [2.05, 4.69) is 10.1 Å². The van der Waals surface area contributed by atoms with Gasteiger partial charge >= 0.3 is 12.2 Å². The molecule has 0 bridgehead atoms. The molecule has 0 radical (unpaired) electrons. The van der Waals surface area contributed by atoms with Crippen molar-refractivity contribution in [3.8, 4) is 0 Å². The zero-order valence-electron chi connectivity index (χ0n) is 10.8. The van der Waals surface area contributed by atoms with Crippen molar-refractivity contribution in [2.75, 3.05) is 13.7 Å². The van der Waals surface area contributed by atoms with Crippen molar-refractivity contribution < 1.29 is 19.1 Å². The lowest BCUT2D eigenvalue weighted by Gasteiger charge is -2.28. The van der Waals surface area contributed by atoms with E-state index in [1.807, 2.05) is 20.8 Å². The number of hydrogen-bond acceptors (Lipinski definition) is 4. The van der Waals surface area contributed by atoms with Crippen LogP contribution in [-0.2, 0) is 9.47 Å². The number of nitrogens with one attached hydrogen (secondary N) is 1. The fraction of sp³-hybridized carbons (Fsp3) is 0.818. The highest BCUT2D eigenvalue weighted by molar-refractivity contribution is 5.71. The van der Waals surface area contributed by atoms with E-state index in [0.717, 1.165) is 6.42 Å². The second-order valence-electron chi connectivity index (χ2n) is 4.97. The van der Waals surface area contributed by atoms with Crippen LogP contribution in [0.1, 0.15) is 33.6 Å². The molecule has 98 valence electrons. The maximum Gasteiger partial charge on any atom is 0.411 e. The van der Waals surface area contributed by atoms with Crippen LogP contribution in [0.2, 0.25) is 0 Å². The first kappa shape index (κ1) is 13.6. The van der Waals surface area contributed by atoms with Crippen LogP contribution in [0.3, 0.4) is 0 Å². The normalized spacial score (nSPS) is 20.0. The van der Waals surface area contributed by atoms with Gasteiger partial charge in [-0.1, -0.05) is 0 Å². The Morgan fingerprint density at radius 2 is 2.00 bits per heavy atom. The molecule has 1 unspecified atom stereocenters. The van der Waals surface area contributed by atoms with Crippen LogP contribution in [-0.4, -0.2) is 42.5 Å². The van der Waals surface area contributed by atoms with Gasteiger partial charge in [0.2, 0.25) is 0 Å². The molecule has 1 rings (SSSR count). The molecule has 1 aliphatic heterocycles. The maximum absolute atomic E-state index is 11.9. The van der Waals surface area contributed by atoms with E-state index in [1.165, 1.54) is 12.0 Å². The highest BCUT2D eigenvalue weighted by Gasteiger charge is 2.33. The highest BCUT2D eigenvalue weighted by atomic mass is 16.6. The van der Waals surface area contributed by atoms with Gasteiger partial charge in [0.25, 0.3) is 0 Å². The smallest absolute Gasteiger partial charge is 0.411 e. The minimum absolute atomic E-state index is 0.336. The molecule has 0 spiro atoms. The molecule has 0 aromatic heterocycles. The number of methoxy groups -OCH3 is 1. The summed E-state index contributed by atoms with van der Waals surface area (Å²) in [4.78, 5) is 24.5. The fourth-order valence-electron chi connectivity index (χ4n) is 1.65. The van der Waals surface area contributed by atoms with Crippen molar-refractivity contribution in [1.82, 2.24) is 10.2 Å². The van der Waals surface area contributed by atoms with E-state index in [1.54, 1.807) is 0 Å². The van der Waals surface area contributed by atoms with Gasteiger partial charge in [0.1, 0.15) is 11.8 Å². The highest BCUT2D eigenvalue weighted by Crippen LogP contribution is 2.19. The van der Waals surface area contributed by atoms with Crippen LogP contribution >= 0.6 is 0 Å². The van der Waals surface area contributed by atoms with E-state index < -0.39 is 17.8 Å². The van der Waals surface area contributed by atoms with Gasteiger partial charge in [0.05, 0.1) is 7.11 Å². The van der Waals surface area contributed by atoms with Crippen LogP contribution in [0.4, 0.5) is 9.59 Å². The number of carbonyl (C=O) groups is 2. The lowest BCUT2D eigenvalue weighted by atomic mass is 10.2. The molecule has 0 aromatic carbocycles. The molecule has 0 aliphatic carbocycles. The standard InChI is InChI=1S/C11H20N2O4/c1-11(2,3)17-10(15)13-7-5-6-8(13)12-9(14)16-4/h8H,5-7H2,1-4H3,(H,12,14). The van der Waals surface area contributed by atoms with Crippen LogP contribution < -0.4 is 5.32 Å². The lowest BCUT2D eigenvalue weighted by Crippen LogP contribution is -2.48. The van der Waals surface area contributed by atoms with Crippen molar-refractivity contribution in [3.63, 3.8) is 0 Å².